The average Bonchev–Trinajstić information content (AvgIpc) is 2.05. The van der Waals surface area contributed by atoms with E-state index in [0.29, 0.717) is 13.1 Å². The molecule has 1 rings (SSSR count). The zero-order chi connectivity index (χ0) is 7.40. The second-order valence-corrected chi connectivity index (χ2v) is 2.23. The Bertz CT molecular complexity index is 197. The molecule has 0 atom stereocenters. The van der Waals surface area contributed by atoms with Crippen molar-refractivity contribution in [3.63, 3.8) is 0 Å². The predicted molar refractivity (Wildman–Crippen MR) is 62.9 cm³/mol. The molecule has 12 heavy (non-hydrogen) atoms. The van der Waals surface area contributed by atoms with Gasteiger partial charge in [0.1, 0.15) is 0 Å². The molecule has 0 heterocycles. The van der Waals surface area contributed by atoms with Crippen LogP contribution in [0.25, 0.3) is 0 Å². The zero-order valence-electron chi connectivity index (χ0n) is 6.69. The monoisotopic (exact) mass is 296 g/mol. The van der Waals surface area contributed by atoms with Crippen molar-refractivity contribution in [1.82, 2.24) is 0 Å². The van der Waals surface area contributed by atoms with Gasteiger partial charge in [0.05, 0.1) is 0 Å². The fourth-order valence-corrected chi connectivity index (χ4v) is 0.884. The van der Waals surface area contributed by atoms with Gasteiger partial charge in [-0.25, -0.2) is 0 Å². The lowest BCUT2D eigenvalue weighted by atomic mass is 10.1. The highest BCUT2D eigenvalue weighted by Crippen LogP contribution is 2.02. The second-order valence-electron chi connectivity index (χ2n) is 2.23. The fourth-order valence-electron chi connectivity index (χ4n) is 0.884. The van der Waals surface area contributed by atoms with Gasteiger partial charge in [0.25, 0.3) is 0 Å². The van der Waals surface area contributed by atoms with E-state index in [1.165, 1.54) is 0 Å². The minimum Gasteiger partial charge on any atom is -0.326 e. The Balaban J connectivity index is 0. The molecule has 0 aliphatic carbocycles. The molecule has 0 saturated heterocycles. The van der Waals surface area contributed by atoms with Gasteiger partial charge in [-0.15, -0.1) is 34.0 Å². The molecule has 70 valence electrons. The van der Waals surface area contributed by atoms with Crippen LogP contribution in [0.15, 0.2) is 24.3 Å². The molecule has 0 aromatic heterocycles. The molecule has 1 aromatic rings. The Morgan fingerprint density at radius 2 is 1.33 bits per heavy atom. The van der Waals surface area contributed by atoms with Crippen molar-refractivity contribution in [2.75, 3.05) is 0 Å². The van der Waals surface area contributed by atoms with Gasteiger partial charge in [-0.1, -0.05) is 24.3 Å². The molecule has 0 radical (unpaired) electrons. The number of halogens is 2. The van der Waals surface area contributed by atoms with E-state index in [4.69, 9.17) is 11.5 Å². The Kier molecular flexibility index (Phi) is 9.42. The standard InChI is InChI=1S/C8H12N2.2BrH/c9-5-7-2-1-3-8(4-7)6-10;;/h1-4H,5-6,9-10H2;2*1H. The highest BCUT2D eigenvalue weighted by atomic mass is 79.9. The van der Waals surface area contributed by atoms with Gasteiger partial charge in [0.2, 0.25) is 0 Å². The third-order valence-electron chi connectivity index (χ3n) is 1.46. The maximum Gasteiger partial charge on any atom is 0.0178 e. The quantitative estimate of drug-likeness (QED) is 0.874. The summed E-state index contributed by atoms with van der Waals surface area (Å²) < 4.78 is 0. The van der Waals surface area contributed by atoms with E-state index in [-0.39, 0.29) is 34.0 Å². The van der Waals surface area contributed by atoms with Crippen LogP contribution in [0.5, 0.6) is 0 Å². The van der Waals surface area contributed by atoms with E-state index in [0.717, 1.165) is 11.1 Å². The lowest BCUT2D eigenvalue weighted by Crippen LogP contribution is -2.00. The van der Waals surface area contributed by atoms with Gasteiger partial charge >= 0.3 is 0 Å². The minimum atomic E-state index is 0. The van der Waals surface area contributed by atoms with Crippen LogP contribution in [0.4, 0.5) is 0 Å². The molecule has 0 fully saturated rings. The smallest absolute Gasteiger partial charge is 0.0178 e. The number of hydrogen-bond acceptors (Lipinski definition) is 2. The molecule has 0 bridgehead atoms. The predicted octanol–water partition coefficient (Wildman–Crippen LogP) is 1.76. The molecule has 4 heteroatoms. The molecule has 4 N–H and O–H groups in total. The minimum absolute atomic E-state index is 0. The van der Waals surface area contributed by atoms with Crippen molar-refractivity contribution < 1.29 is 0 Å². The van der Waals surface area contributed by atoms with E-state index in [1.807, 2.05) is 24.3 Å². The summed E-state index contributed by atoms with van der Waals surface area (Å²) in [6, 6.07) is 8.00. The molecule has 0 amide bonds. The van der Waals surface area contributed by atoms with E-state index < -0.39 is 0 Å². The molecule has 0 unspecified atom stereocenters. The Labute approximate surface area is 93.9 Å². The first-order valence-electron chi connectivity index (χ1n) is 3.34. The molecule has 0 aliphatic rings. The van der Waals surface area contributed by atoms with Crippen molar-refractivity contribution in [3.05, 3.63) is 35.4 Å². The summed E-state index contributed by atoms with van der Waals surface area (Å²) in [5.41, 5.74) is 13.1. The van der Waals surface area contributed by atoms with Crippen LogP contribution >= 0.6 is 34.0 Å². The Morgan fingerprint density at radius 3 is 1.67 bits per heavy atom. The Morgan fingerprint density at radius 1 is 0.917 bits per heavy atom. The van der Waals surface area contributed by atoms with Crippen molar-refractivity contribution in [2.24, 2.45) is 11.5 Å². The van der Waals surface area contributed by atoms with Crippen LogP contribution in [-0.2, 0) is 13.1 Å². The number of benzene rings is 1. The first kappa shape index (κ1) is 14.6. The van der Waals surface area contributed by atoms with Gasteiger partial charge < -0.3 is 11.5 Å². The number of rotatable bonds is 2. The van der Waals surface area contributed by atoms with Crippen LogP contribution in [0, 0.1) is 0 Å². The first-order valence-corrected chi connectivity index (χ1v) is 3.34. The maximum absolute atomic E-state index is 5.43. The normalized spacial score (nSPS) is 8.17. The number of hydrogen-bond donors (Lipinski definition) is 2. The topological polar surface area (TPSA) is 52.0 Å². The molecular weight excluding hydrogens is 284 g/mol. The summed E-state index contributed by atoms with van der Waals surface area (Å²) in [6.45, 7) is 1.18. The second kappa shape index (κ2) is 7.73. The summed E-state index contributed by atoms with van der Waals surface area (Å²) in [5.74, 6) is 0. The number of nitrogens with two attached hydrogens (primary N) is 2. The van der Waals surface area contributed by atoms with Crippen molar-refractivity contribution in [2.45, 2.75) is 13.1 Å². The van der Waals surface area contributed by atoms with Crippen molar-refractivity contribution >= 4 is 34.0 Å². The lowest BCUT2D eigenvalue weighted by Gasteiger charge is -1.98. The molecule has 0 aliphatic heterocycles. The molecule has 0 spiro atoms. The average molecular weight is 298 g/mol. The summed E-state index contributed by atoms with van der Waals surface area (Å²) in [4.78, 5) is 0. The lowest BCUT2D eigenvalue weighted by molar-refractivity contribution is 1.03. The van der Waals surface area contributed by atoms with E-state index in [2.05, 4.69) is 0 Å². The Hall–Kier alpha value is 0.1000. The van der Waals surface area contributed by atoms with Crippen LogP contribution in [0.1, 0.15) is 11.1 Å². The van der Waals surface area contributed by atoms with E-state index in [9.17, 15) is 0 Å². The van der Waals surface area contributed by atoms with Crippen LogP contribution in [-0.4, -0.2) is 0 Å². The fraction of sp³-hybridized carbons (Fsp3) is 0.250. The van der Waals surface area contributed by atoms with Gasteiger partial charge in [-0.05, 0) is 11.1 Å². The van der Waals surface area contributed by atoms with E-state index in [1.54, 1.807) is 0 Å². The molecule has 1 aromatic carbocycles. The van der Waals surface area contributed by atoms with Gasteiger partial charge in [-0.2, -0.15) is 0 Å². The zero-order valence-corrected chi connectivity index (χ0v) is 10.1. The summed E-state index contributed by atoms with van der Waals surface area (Å²) in [5, 5.41) is 0. The third-order valence-corrected chi connectivity index (χ3v) is 1.46. The van der Waals surface area contributed by atoms with Crippen LogP contribution in [0.3, 0.4) is 0 Å². The van der Waals surface area contributed by atoms with Gasteiger partial charge in [-0.3, -0.25) is 0 Å². The maximum atomic E-state index is 5.43. The van der Waals surface area contributed by atoms with Crippen molar-refractivity contribution in [1.29, 1.82) is 0 Å². The molecule has 2 nitrogen and oxygen atoms in total. The molecule has 0 saturated carbocycles. The highest BCUT2D eigenvalue weighted by Gasteiger charge is 1.89. The highest BCUT2D eigenvalue weighted by molar-refractivity contribution is 8.93. The summed E-state index contributed by atoms with van der Waals surface area (Å²) >= 11 is 0. The van der Waals surface area contributed by atoms with E-state index >= 15 is 0 Å². The largest absolute Gasteiger partial charge is 0.326 e. The summed E-state index contributed by atoms with van der Waals surface area (Å²) in [7, 11) is 0. The first-order chi connectivity index (χ1) is 4.86. The van der Waals surface area contributed by atoms with Crippen molar-refractivity contribution in [3.8, 4) is 0 Å². The van der Waals surface area contributed by atoms with Gasteiger partial charge in [0.15, 0.2) is 0 Å². The summed E-state index contributed by atoms with van der Waals surface area (Å²) in [6.07, 6.45) is 0. The van der Waals surface area contributed by atoms with Gasteiger partial charge in [0, 0.05) is 13.1 Å². The van der Waals surface area contributed by atoms with Crippen LogP contribution in [0.2, 0.25) is 0 Å². The van der Waals surface area contributed by atoms with Crippen LogP contribution < -0.4 is 11.5 Å². The third kappa shape index (κ3) is 4.21. The SMILES string of the molecule is Br.Br.NCc1cccc(CN)c1. The molecular formula is C8H14Br2N2.